The van der Waals surface area contributed by atoms with E-state index in [0.717, 1.165) is 0 Å². The van der Waals surface area contributed by atoms with Gasteiger partial charge in [-0.2, -0.15) is 0 Å². The van der Waals surface area contributed by atoms with E-state index in [1.54, 1.807) is 42.3 Å². The zero-order valence-electron chi connectivity index (χ0n) is 13.5. The molecule has 1 saturated heterocycles. The Balaban J connectivity index is 1.73. The van der Waals surface area contributed by atoms with E-state index in [1.807, 2.05) is 12.1 Å². The quantitative estimate of drug-likeness (QED) is 0.874. The number of hydrogen-bond donors (Lipinski definition) is 1. The van der Waals surface area contributed by atoms with Crippen LogP contribution in [0.15, 0.2) is 42.5 Å². The summed E-state index contributed by atoms with van der Waals surface area (Å²) >= 11 is 11.8. The maximum Gasteiger partial charge on any atom is 0.229 e. The fraction of sp³-hybridized carbons (Fsp3) is 0.222. The van der Waals surface area contributed by atoms with Crippen molar-refractivity contribution in [3.8, 4) is 5.75 Å². The van der Waals surface area contributed by atoms with Crippen molar-refractivity contribution in [1.29, 1.82) is 0 Å². The number of nitrogens with one attached hydrogen (secondary N) is 1. The van der Waals surface area contributed by atoms with Crippen molar-refractivity contribution in [2.24, 2.45) is 5.92 Å². The van der Waals surface area contributed by atoms with Crippen molar-refractivity contribution in [3.05, 3.63) is 52.5 Å². The second-order valence-corrected chi connectivity index (χ2v) is 6.51. The van der Waals surface area contributed by atoms with Crippen LogP contribution in [-0.2, 0) is 9.59 Å². The van der Waals surface area contributed by atoms with Gasteiger partial charge in [0.25, 0.3) is 0 Å². The minimum absolute atomic E-state index is 0.112. The maximum absolute atomic E-state index is 12.5. The molecule has 0 aromatic heterocycles. The van der Waals surface area contributed by atoms with Gasteiger partial charge >= 0.3 is 0 Å². The highest BCUT2D eigenvalue weighted by Gasteiger charge is 2.36. The molecule has 3 rings (SSSR count). The highest BCUT2D eigenvalue weighted by atomic mass is 35.5. The fourth-order valence-electron chi connectivity index (χ4n) is 2.79. The molecule has 0 saturated carbocycles. The van der Waals surface area contributed by atoms with Gasteiger partial charge in [-0.15, -0.1) is 0 Å². The first-order valence-electron chi connectivity index (χ1n) is 7.69. The van der Waals surface area contributed by atoms with E-state index in [0.29, 0.717) is 33.7 Å². The Kier molecular flexibility index (Phi) is 5.16. The Labute approximate surface area is 155 Å². The fourth-order valence-corrected chi connectivity index (χ4v) is 3.09. The molecule has 1 unspecified atom stereocenters. The van der Waals surface area contributed by atoms with Crippen molar-refractivity contribution in [3.63, 3.8) is 0 Å². The predicted molar refractivity (Wildman–Crippen MR) is 98.5 cm³/mol. The molecule has 5 nitrogen and oxygen atoms in total. The van der Waals surface area contributed by atoms with E-state index >= 15 is 0 Å². The number of carbonyl (C=O) groups is 2. The first-order valence-corrected chi connectivity index (χ1v) is 8.44. The molecule has 2 aromatic rings. The van der Waals surface area contributed by atoms with Gasteiger partial charge in [-0.05, 0) is 30.3 Å². The van der Waals surface area contributed by atoms with Crippen LogP contribution in [0.2, 0.25) is 10.0 Å². The molecule has 1 aliphatic heterocycles. The summed E-state index contributed by atoms with van der Waals surface area (Å²) in [6.07, 6.45) is 0.144. The molecule has 0 radical (unpaired) electrons. The van der Waals surface area contributed by atoms with Gasteiger partial charge in [0.05, 0.1) is 28.8 Å². The molecule has 1 fully saturated rings. The van der Waals surface area contributed by atoms with Gasteiger partial charge in [-0.25, -0.2) is 0 Å². The summed E-state index contributed by atoms with van der Waals surface area (Å²) < 4.78 is 5.30. The number of amides is 2. The molecule has 2 aromatic carbocycles. The lowest BCUT2D eigenvalue weighted by atomic mass is 10.1. The Morgan fingerprint density at radius 1 is 1.20 bits per heavy atom. The van der Waals surface area contributed by atoms with Gasteiger partial charge in [0.2, 0.25) is 11.8 Å². The first-order chi connectivity index (χ1) is 12.0. The Morgan fingerprint density at radius 2 is 1.96 bits per heavy atom. The Bertz CT molecular complexity index is 826. The number of carbonyl (C=O) groups excluding carboxylic acids is 2. The van der Waals surface area contributed by atoms with Gasteiger partial charge in [-0.1, -0.05) is 35.3 Å². The molecule has 1 aliphatic rings. The monoisotopic (exact) mass is 378 g/mol. The second kappa shape index (κ2) is 7.33. The minimum atomic E-state index is -0.452. The summed E-state index contributed by atoms with van der Waals surface area (Å²) in [5, 5.41) is 3.55. The summed E-state index contributed by atoms with van der Waals surface area (Å²) in [5.74, 6) is -0.198. The van der Waals surface area contributed by atoms with Crippen LogP contribution in [-0.4, -0.2) is 25.5 Å². The smallest absolute Gasteiger partial charge is 0.229 e. The van der Waals surface area contributed by atoms with Gasteiger partial charge in [0, 0.05) is 18.7 Å². The summed E-state index contributed by atoms with van der Waals surface area (Å²) in [6, 6.07) is 12.1. The largest absolute Gasteiger partial charge is 0.495 e. The SMILES string of the molecule is COc1ccccc1N1CC(C(=O)Nc2ccc(Cl)c(Cl)c2)CC1=O. The van der Waals surface area contributed by atoms with E-state index < -0.39 is 5.92 Å². The third-order valence-corrected chi connectivity index (χ3v) is 4.80. The summed E-state index contributed by atoms with van der Waals surface area (Å²) in [4.78, 5) is 26.4. The molecule has 130 valence electrons. The van der Waals surface area contributed by atoms with Gasteiger partial charge in [0.15, 0.2) is 0 Å². The van der Waals surface area contributed by atoms with Crippen LogP contribution >= 0.6 is 23.2 Å². The average Bonchev–Trinajstić information content (AvgIpc) is 3.00. The topological polar surface area (TPSA) is 58.6 Å². The Morgan fingerprint density at radius 3 is 2.68 bits per heavy atom. The molecule has 1 heterocycles. The maximum atomic E-state index is 12.5. The number of ether oxygens (including phenoxy) is 1. The molecular formula is C18H16Cl2N2O3. The van der Waals surface area contributed by atoms with Crippen molar-refractivity contribution in [1.82, 2.24) is 0 Å². The predicted octanol–water partition coefficient (Wildman–Crippen LogP) is 3.99. The van der Waals surface area contributed by atoms with Crippen LogP contribution < -0.4 is 15.0 Å². The van der Waals surface area contributed by atoms with Crippen molar-refractivity contribution < 1.29 is 14.3 Å². The van der Waals surface area contributed by atoms with E-state index in [4.69, 9.17) is 27.9 Å². The number of anilines is 2. The zero-order valence-corrected chi connectivity index (χ0v) is 15.0. The highest BCUT2D eigenvalue weighted by molar-refractivity contribution is 6.42. The summed E-state index contributed by atoms with van der Waals surface area (Å²) in [7, 11) is 1.55. The second-order valence-electron chi connectivity index (χ2n) is 5.70. The number of halogens is 2. The average molecular weight is 379 g/mol. The molecule has 0 spiro atoms. The molecule has 0 bridgehead atoms. The normalized spacial score (nSPS) is 16.8. The zero-order chi connectivity index (χ0) is 18.0. The third kappa shape index (κ3) is 3.72. The van der Waals surface area contributed by atoms with Crippen molar-refractivity contribution in [2.45, 2.75) is 6.42 Å². The van der Waals surface area contributed by atoms with E-state index in [1.165, 1.54) is 0 Å². The van der Waals surface area contributed by atoms with Gasteiger partial charge < -0.3 is 15.0 Å². The lowest BCUT2D eigenvalue weighted by Gasteiger charge is -2.19. The van der Waals surface area contributed by atoms with E-state index in [9.17, 15) is 9.59 Å². The number of methoxy groups -OCH3 is 1. The van der Waals surface area contributed by atoms with Crippen LogP contribution in [0.3, 0.4) is 0 Å². The van der Waals surface area contributed by atoms with Crippen LogP contribution in [0.25, 0.3) is 0 Å². The van der Waals surface area contributed by atoms with Crippen LogP contribution in [0, 0.1) is 5.92 Å². The number of nitrogens with zero attached hydrogens (tertiary/aromatic N) is 1. The molecule has 2 amide bonds. The van der Waals surface area contributed by atoms with Gasteiger partial charge in [0.1, 0.15) is 5.75 Å². The molecule has 7 heteroatoms. The third-order valence-electron chi connectivity index (χ3n) is 4.06. The van der Waals surface area contributed by atoms with Gasteiger partial charge in [-0.3, -0.25) is 9.59 Å². The highest BCUT2D eigenvalue weighted by Crippen LogP contribution is 2.33. The number of rotatable bonds is 4. The minimum Gasteiger partial charge on any atom is -0.495 e. The number of hydrogen-bond acceptors (Lipinski definition) is 3. The molecule has 1 atom stereocenters. The number of para-hydroxylation sites is 2. The lowest BCUT2D eigenvalue weighted by Crippen LogP contribution is -2.28. The molecule has 25 heavy (non-hydrogen) atoms. The van der Waals surface area contributed by atoms with Crippen molar-refractivity contribution in [2.75, 3.05) is 23.9 Å². The van der Waals surface area contributed by atoms with E-state index in [-0.39, 0.29) is 18.2 Å². The summed E-state index contributed by atoms with van der Waals surface area (Å²) in [5.41, 5.74) is 1.21. The standard InChI is InChI=1S/C18H16Cl2N2O3/c1-25-16-5-3-2-4-15(16)22-10-11(8-17(22)23)18(24)21-12-6-7-13(19)14(20)9-12/h2-7,9,11H,8,10H2,1H3,(H,21,24). The molecule has 1 N–H and O–H groups in total. The molecule has 0 aliphatic carbocycles. The first kappa shape index (κ1) is 17.6. The Hall–Kier alpha value is -2.24. The van der Waals surface area contributed by atoms with Crippen LogP contribution in [0.4, 0.5) is 11.4 Å². The van der Waals surface area contributed by atoms with Crippen molar-refractivity contribution >= 4 is 46.4 Å². The molecular weight excluding hydrogens is 363 g/mol. The lowest BCUT2D eigenvalue weighted by molar-refractivity contribution is -0.122. The summed E-state index contributed by atoms with van der Waals surface area (Å²) in [6.45, 7) is 0.298. The van der Waals surface area contributed by atoms with E-state index in [2.05, 4.69) is 5.32 Å². The van der Waals surface area contributed by atoms with Crippen LogP contribution in [0.1, 0.15) is 6.42 Å². The van der Waals surface area contributed by atoms with Crippen LogP contribution in [0.5, 0.6) is 5.75 Å². The number of benzene rings is 2.